The Kier molecular flexibility index (Phi) is 4.03. The molecular formula is C11H16N4O3S. The van der Waals surface area contributed by atoms with Gasteiger partial charge in [-0.15, -0.1) is 0 Å². The largest absolute Gasteiger partial charge is 0.364 e. The molecule has 0 aliphatic rings. The molecule has 0 bridgehead atoms. The lowest BCUT2D eigenvalue weighted by atomic mass is 10.4. The zero-order valence-electron chi connectivity index (χ0n) is 10.8. The molecule has 0 atom stereocenters. The van der Waals surface area contributed by atoms with Crippen molar-refractivity contribution in [2.45, 2.75) is 18.0 Å². The van der Waals surface area contributed by atoms with E-state index in [0.717, 1.165) is 5.69 Å². The predicted octanol–water partition coefficient (Wildman–Crippen LogP) is 0.211. The molecule has 8 heteroatoms. The topological polar surface area (TPSA) is 89.2 Å². The van der Waals surface area contributed by atoms with Crippen LogP contribution < -0.4 is 10.0 Å². The highest BCUT2D eigenvalue weighted by Crippen LogP contribution is 2.13. The molecule has 0 aliphatic carbocycles. The van der Waals surface area contributed by atoms with Crippen molar-refractivity contribution in [2.24, 2.45) is 7.05 Å². The third kappa shape index (κ3) is 3.22. The number of sulfonamides is 1. The van der Waals surface area contributed by atoms with E-state index in [0.29, 0.717) is 12.2 Å². The maximum atomic E-state index is 12.1. The number of nitrogens with one attached hydrogen (secondary N) is 2. The van der Waals surface area contributed by atoms with E-state index < -0.39 is 10.0 Å². The number of rotatable bonds is 6. The first kappa shape index (κ1) is 13.8. The van der Waals surface area contributed by atoms with Gasteiger partial charge in [0, 0.05) is 31.5 Å². The van der Waals surface area contributed by atoms with Crippen molar-refractivity contribution >= 4 is 10.0 Å². The molecule has 19 heavy (non-hydrogen) atoms. The molecule has 2 N–H and O–H groups in total. The Morgan fingerprint density at radius 2 is 2.21 bits per heavy atom. The first-order chi connectivity index (χ1) is 9.03. The molecule has 0 aromatic carbocycles. The standard InChI is InChI=1S/C11H16N4O3S/c1-12-7-10-5-11(8-15(10)2)19(16,17)13-6-9-3-4-18-14-9/h3-5,8,12-13H,6-7H2,1-2H3. The van der Waals surface area contributed by atoms with Gasteiger partial charge in [-0.25, -0.2) is 13.1 Å². The van der Waals surface area contributed by atoms with Crippen molar-refractivity contribution in [2.75, 3.05) is 7.05 Å². The second-order valence-corrected chi connectivity index (χ2v) is 5.89. The summed E-state index contributed by atoms with van der Waals surface area (Å²) < 4.78 is 33.1. The van der Waals surface area contributed by atoms with Crippen molar-refractivity contribution in [1.29, 1.82) is 0 Å². The fraction of sp³-hybridized carbons (Fsp3) is 0.364. The van der Waals surface area contributed by atoms with Gasteiger partial charge in [-0.3, -0.25) is 0 Å². The third-order valence-corrected chi connectivity index (χ3v) is 4.05. The van der Waals surface area contributed by atoms with Crippen LogP contribution in [0.4, 0.5) is 0 Å². The van der Waals surface area contributed by atoms with Crippen LogP contribution in [0.1, 0.15) is 11.4 Å². The lowest BCUT2D eigenvalue weighted by molar-refractivity contribution is 0.411. The molecule has 2 rings (SSSR count). The smallest absolute Gasteiger partial charge is 0.242 e. The maximum Gasteiger partial charge on any atom is 0.242 e. The molecule has 0 unspecified atom stereocenters. The molecule has 0 amide bonds. The summed E-state index contributed by atoms with van der Waals surface area (Å²) in [6.07, 6.45) is 2.98. The Balaban J connectivity index is 2.12. The summed E-state index contributed by atoms with van der Waals surface area (Å²) >= 11 is 0. The van der Waals surface area contributed by atoms with Crippen LogP contribution in [0.3, 0.4) is 0 Å². The number of aryl methyl sites for hydroxylation is 1. The van der Waals surface area contributed by atoms with Gasteiger partial charge in [0.05, 0.1) is 17.1 Å². The highest BCUT2D eigenvalue weighted by Gasteiger charge is 2.17. The number of hydrogen-bond acceptors (Lipinski definition) is 5. The fourth-order valence-corrected chi connectivity index (χ4v) is 2.75. The van der Waals surface area contributed by atoms with Crippen molar-refractivity contribution < 1.29 is 12.9 Å². The molecule has 0 saturated carbocycles. The molecule has 0 saturated heterocycles. The average Bonchev–Trinajstić information content (AvgIpc) is 2.98. The summed E-state index contributed by atoms with van der Waals surface area (Å²) in [5.74, 6) is 0. The van der Waals surface area contributed by atoms with Crippen LogP contribution in [-0.2, 0) is 30.2 Å². The minimum atomic E-state index is -3.54. The summed E-state index contributed by atoms with van der Waals surface area (Å²) in [6, 6.07) is 3.25. The lowest BCUT2D eigenvalue weighted by Crippen LogP contribution is -2.23. The van der Waals surface area contributed by atoms with Gasteiger partial charge in [0.2, 0.25) is 10.0 Å². The van der Waals surface area contributed by atoms with Gasteiger partial charge < -0.3 is 14.4 Å². The molecule has 104 valence electrons. The second-order valence-electron chi connectivity index (χ2n) is 4.12. The van der Waals surface area contributed by atoms with Crippen LogP contribution in [0.2, 0.25) is 0 Å². The fourth-order valence-electron chi connectivity index (χ4n) is 1.66. The molecule has 0 aliphatic heterocycles. The Morgan fingerprint density at radius 1 is 1.42 bits per heavy atom. The SMILES string of the molecule is CNCc1cc(S(=O)(=O)NCc2ccon2)cn1C. The Bertz CT molecular complexity index is 631. The van der Waals surface area contributed by atoms with Crippen molar-refractivity contribution in [3.63, 3.8) is 0 Å². The van der Waals surface area contributed by atoms with Gasteiger partial charge in [0.1, 0.15) is 6.26 Å². The van der Waals surface area contributed by atoms with Crippen LogP contribution in [0, 0.1) is 0 Å². The average molecular weight is 284 g/mol. The highest BCUT2D eigenvalue weighted by molar-refractivity contribution is 7.89. The van der Waals surface area contributed by atoms with Gasteiger partial charge >= 0.3 is 0 Å². The van der Waals surface area contributed by atoms with Crippen LogP contribution in [0.25, 0.3) is 0 Å². The van der Waals surface area contributed by atoms with E-state index in [1.54, 1.807) is 22.9 Å². The van der Waals surface area contributed by atoms with E-state index in [4.69, 9.17) is 0 Å². The zero-order valence-corrected chi connectivity index (χ0v) is 11.6. The first-order valence-electron chi connectivity index (χ1n) is 5.71. The zero-order chi connectivity index (χ0) is 13.9. The molecule has 2 aromatic rings. The minimum Gasteiger partial charge on any atom is -0.364 e. The lowest BCUT2D eigenvalue weighted by Gasteiger charge is -2.01. The summed E-state index contributed by atoms with van der Waals surface area (Å²) in [5, 5.41) is 6.63. The highest BCUT2D eigenvalue weighted by atomic mass is 32.2. The van der Waals surface area contributed by atoms with Crippen molar-refractivity contribution in [3.8, 4) is 0 Å². The van der Waals surface area contributed by atoms with Gasteiger partial charge in [-0.2, -0.15) is 0 Å². The summed E-state index contributed by atoms with van der Waals surface area (Å²) in [4.78, 5) is 0.240. The van der Waals surface area contributed by atoms with Crippen LogP contribution in [0.5, 0.6) is 0 Å². The van der Waals surface area contributed by atoms with Crippen LogP contribution in [-0.4, -0.2) is 25.2 Å². The van der Waals surface area contributed by atoms with E-state index in [1.165, 1.54) is 6.26 Å². The minimum absolute atomic E-state index is 0.106. The monoisotopic (exact) mass is 284 g/mol. The second kappa shape index (κ2) is 5.55. The Hall–Kier alpha value is -1.64. The molecule has 7 nitrogen and oxygen atoms in total. The molecule has 0 radical (unpaired) electrons. The quantitative estimate of drug-likeness (QED) is 0.791. The molecule has 0 spiro atoms. The van der Waals surface area contributed by atoms with Gasteiger partial charge in [-0.05, 0) is 13.1 Å². The Labute approximate surface area is 111 Å². The van der Waals surface area contributed by atoms with Gasteiger partial charge in [0.25, 0.3) is 0 Å². The predicted molar refractivity (Wildman–Crippen MR) is 68.7 cm³/mol. The summed E-state index contributed by atoms with van der Waals surface area (Å²) in [5.41, 5.74) is 1.43. The van der Waals surface area contributed by atoms with Crippen molar-refractivity contribution in [3.05, 3.63) is 36.0 Å². The van der Waals surface area contributed by atoms with E-state index in [-0.39, 0.29) is 11.4 Å². The van der Waals surface area contributed by atoms with E-state index >= 15 is 0 Å². The molecule has 0 fully saturated rings. The van der Waals surface area contributed by atoms with Crippen LogP contribution in [0.15, 0.2) is 34.0 Å². The number of hydrogen-bond donors (Lipinski definition) is 2. The van der Waals surface area contributed by atoms with Crippen LogP contribution >= 0.6 is 0 Å². The first-order valence-corrected chi connectivity index (χ1v) is 7.20. The summed E-state index contributed by atoms with van der Waals surface area (Å²) in [7, 11) is 0.0818. The molecular weight excluding hydrogens is 268 g/mol. The number of nitrogens with zero attached hydrogens (tertiary/aromatic N) is 2. The molecule has 2 heterocycles. The summed E-state index contributed by atoms with van der Waals surface area (Å²) in [6.45, 7) is 0.713. The maximum absolute atomic E-state index is 12.1. The normalized spacial score (nSPS) is 11.9. The van der Waals surface area contributed by atoms with Gasteiger partial charge in [0.15, 0.2) is 0 Å². The van der Waals surface area contributed by atoms with E-state index in [2.05, 4.69) is 19.7 Å². The Morgan fingerprint density at radius 3 is 2.84 bits per heavy atom. The van der Waals surface area contributed by atoms with E-state index in [9.17, 15) is 8.42 Å². The third-order valence-electron chi connectivity index (χ3n) is 2.69. The van der Waals surface area contributed by atoms with Crippen molar-refractivity contribution in [1.82, 2.24) is 19.8 Å². The van der Waals surface area contributed by atoms with E-state index in [1.807, 2.05) is 14.1 Å². The molecule has 2 aromatic heterocycles. The van der Waals surface area contributed by atoms with Gasteiger partial charge in [-0.1, -0.05) is 5.16 Å². The number of aromatic nitrogens is 2.